The smallest absolute Gasteiger partial charge is 0.369 e. The monoisotopic (exact) mass is 193 g/mol. The van der Waals surface area contributed by atoms with Gasteiger partial charge in [0.15, 0.2) is 0 Å². The highest BCUT2D eigenvalue weighted by Crippen LogP contribution is 2.35. The maximum absolute atomic E-state index is 10.3. The first-order valence-electron chi connectivity index (χ1n) is 3.30. The van der Waals surface area contributed by atoms with Crippen molar-refractivity contribution in [2.45, 2.75) is 13.3 Å². The molecule has 0 aromatic rings. The molecule has 0 unspecified atom stereocenters. The molecule has 0 saturated carbocycles. The molecule has 4 N–H and O–H groups in total. The van der Waals surface area contributed by atoms with E-state index in [2.05, 4.69) is 4.76 Å². The molecular weight excluding hydrogens is 181 g/mol. The Balaban J connectivity index is 4.27. The van der Waals surface area contributed by atoms with Crippen LogP contribution in [0.25, 0.3) is 0 Å². The molecule has 0 aromatic heterocycles. The van der Waals surface area contributed by atoms with Gasteiger partial charge < -0.3 is 20.4 Å². The largest absolute Gasteiger partial charge is 0.451 e. The van der Waals surface area contributed by atoms with E-state index in [1.807, 2.05) is 6.92 Å². The van der Waals surface area contributed by atoms with Crippen LogP contribution in [0, 0.1) is 7.05 Å². The molecular formula is C5H12N3O3P. The Morgan fingerprint density at radius 1 is 1.75 bits per heavy atom. The van der Waals surface area contributed by atoms with Crippen LogP contribution in [-0.2, 0) is 4.57 Å². The van der Waals surface area contributed by atoms with Crippen molar-refractivity contribution in [3.05, 3.63) is 7.05 Å². The summed E-state index contributed by atoms with van der Waals surface area (Å²) in [6, 6.07) is 0. The van der Waals surface area contributed by atoms with E-state index < -0.39 is 7.75 Å². The van der Waals surface area contributed by atoms with Crippen molar-refractivity contribution in [2.24, 2.45) is 10.5 Å². The van der Waals surface area contributed by atoms with Gasteiger partial charge in [0.2, 0.25) is 5.96 Å². The van der Waals surface area contributed by atoms with Crippen molar-refractivity contribution in [1.29, 1.82) is 0 Å². The van der Waals surface area contributed by atoms with Crippen LogP contribution in [0.2, 0.25) is 0 Å². The first kappa shape index (κ1) is 11.4. The highest BCUT2D eigenvalue weighted by Gasteiger charge is 2.12. The summed E-state index contributed by atoms with van der Waals surface area (Å²) in [5.41, 5.74) is 5.15. The Hall–Kier alpha value is -0.580. The van der Waals surface area contributed by atoms with E-state index in [0.717, 1.165) is 4.90 Å². The average molecular weight is 193 g/mol. The lowest BCUT2D eigenvalue weighted by Gasteiger charge is -2.15. The predicted octanol–water partition coefficient (Wildman–Crippen LogP) is -0.226. The molecule has 0 atom stereocenters. The summed E-state index contributed by atoms with van der Waals surface area (Å²) in [5.74, 6) is -0.356. The molecule has 0 aliphatic rings. The van der Waals surface area contributed by atoms with Crippen LogP contribution in [0.4, 0.5) is 0 Å². The molecule has 70 valence electrons. The Kier molecular flexibility index (Phi) is 4.23. The highest BCUT2D eigenvalue weighted by atomic mass is 31.2. The maximum atomic E-state index is 10.3. The third-order valence-electron chi connectivity index (χ3n) is 0.992. The van der Waals surface area contributed by atoms with E-state index in [9.17, 15) is 4.57 Å². The lowest BCUT2D eigenvalue weighted by atomic mass is 10.4. The van der Waals surface area contributed by atoms with Crippen molar-refractivity contribution >= 4 is 13.7 Å². The summed E-state index contributed by atoms with van der Waals surface area (Å²) < 4.78 is 13.2. The van der Waals surface area contributed by atoms with Crippen LogP contribution in [-0.4, -0.2) is 27.2 Å². The van der Waals surface area contributed by atoms with Gasteiger partial charge in [-0.1, -0.05) is 6.92 Å². The molecule has 0 amide bonds. The molecule has 0 aliphatic heterocycles. The minimum Gasteiger partial charge on any atom is -0.369 e. The van der Waals surface area contributed by atoms with Crippen LogP contribution in [0.1, 0.15) is 13.3 Å². The molecule has 12 heavy (non-hydrogen) atoms. The number of nitrogens with two attached hydrogens (primary N) is 1. The van der Waals surface area contributed by atoms with Crippen LogP contribution in [0.5, 0.6) is 0 Å². The zero-order chi connectivity index (χ0) is 9.78. The molecule has 0 saturated heterocycles. The fourth-order valence-corrected chi connectivity index (χ4v) is 0.928. The zero-order valence-electron chi connectivity index (χ0n) is 6.71. The normalized spacial score (nSPS) is 13.2. The van der Waals surface area contributed by atoms with Crippen molar-refractivity contribution in [2.75, 3.05) is 6.54 Å². The summed E-state index contributed by atoms with van der Waals surface area (Å²) in [7, 11) is 0.811. The van der Waals surface area contributed by atoms with Gasteiger partial charge >= 0.3 is 7.75 Å². The van der Waals surface area contributed by atoms with E-state index in [0.29, 0.717) is 13.0 Å². The number of hydrogen-bond acceptors (Lipinski definition) is 1. The number of hydrogen-bond donors (Lipinski definition) is 3. The van der Waals surface area contributed by atoms with Crippen molar-refractivity contribution in [3.63, 3.8) is 0 Å². The SMILES string of the molecule is [CH]N(CCC)/C(N)=N/P(=O)(O)O. The number of rotatable bonds is 3. The van der Waals surface area contributed by atoms with Gasteiger partial charge in [-0.15, -0.1) is 4.76 Å². The molecule has 0 aromatic carbocycles. The summed E-state index contributed by atoms with van der Waals surface area (Å²) in [6.45, 7) is 2.25. The lowest BCUT2D eigenvalue weighted by molar-refractivity contribution is 0.374. The van der Waals surface area contributed by atoms with Gasteiger partial charge in [-0.25, -0.2) is 4.57 Å². The van der Waals surface area contributed by atoms with Gasteiger partial charge in [0, 0.05) is 6.54 Å². The van der Waals surface area contributed by atoms with E-state index >= 15 is 0 Å². The molecule has 0 bridgehead atoms. The third-order valence-corrected chi connectivity index (χ3v) is 1.46. The summed E-state index contributed by atoms with van der Waals surface area (Å²) in [4.78, 5) is 17.7. The molecule has 0 spiro atoms. The molecule has 2 radical (unpaired) electrons. The Labute approximate surface area is 71.3 Å². The Morgan fingerprint density at radius 3 is 2.58 bits per heavy atom. The quantitative estimate of drug-likeness (QED) is 0.249. The van der Waals surface area contributed by atoms with E-state index in [1.165, 1.54) is 0 Å². The Morgan fingerprint density at radius 2 is 2.25 bits per heavy atom. The van der Waals surface area contributed by atoms with Crippen LogP contribution >= 0.6 is 7.75 Å². The van der Waals surface area contributed by atoms with Gasteiger partial charge in [-0.3, -0.25) is 0 Å². The fourth-order valence-electron chi connectivity index (χ4n) is 0.546. The first-order chi connectivity index (χ1) is 5.37. The maximum Gasteiger partial charge on any atom is 0.451 e. The first-order valence-corrected chi connectivity index (χ1v) is 4.87. The van der Waals surface area contributed by atoms with Crippen LogP contribution in [0.15, 0.2) is 4.76 Å². The lowest BCUT2D eigenvalue weighted by Crippen LogP contribution is -2.32. The molecule has 6 nitrogen and oxygen atoms in total. The number of nitrogens with zero attached hydrogens (tertiary/aromatic N) is 2. The average Bonchev–Trinajstić information content (AvgIpc) is 1.84. The standard InChI is InChI=1S/C5H12N3O3P/c1-3-4-8(2)5(6)7-12(9,10)11/h2H,3-4H2,1H3,(H4,6,7,9,10,11). The second-order valence-electron chi connectivity index (χ2n) is 2.16. The molecule has 0 fully saturated rings. The molecule has 0 heterocycles. The van der Waals surface area contributed by atoms with E-state index in [1.54, 1.807) is 0 Å². The van der Waals surface area contributed by atoms with Crippen molar-refractivity contribution in [1.82, 2.24) is 4.90 Å². The van der Waals surface area contributed by atoms with Gasteiger partial charge in [0.25, 0.3) is 0 Å². The summed E-state index contributed by atoms with van der Waals surface area (Å²) in [5, 5.41) is 0. The zero-order valence-corrected chi connectivity index (χ0v) is 7.61. The Bertz CT molecular complexity index is 212. The second-order valence-corrected chi connectivity index (χ2v) is 3.39. The molecule has 7 heteroatoms. The minimum atomic E-state index is -4.46. The van der Waals surface area contributed by atoms with Gasteiger partial charge in [-0.2, -0.15) is 0 Å². The fraction of sp³-hybridized carbons (Fsp3) is 0.600. The van der Waals surface area contributed by atoms with Gasteiger partial charge in [-0.05, 0) is 6.42 Å². The minimum absolute atomic E-state index is 0.356. The highest BCUT2D eigenvalue weighted by molar-refractivity contribution is 7.50. The van der Waals surface area contributed by atoms with Gasteiger partial charge in [0.1, 0.15) is 0 Å². The van der Waals surface area contributed by atoms with Crippen LogP contribution < -0.4 is 5.73 Å². The topological polar surface area (TPSA) is 99.2 Å². The van der Waals surface area contributed by atoms with Gasteiger partial charge in [0.05, 0.1) is 7.05 Å². The second kappa shape index (κ2) is 4.45. The number of guanidine groups is 1. The molecule has 0 aliphatic carbocycles. The van der Waals surface area contributed by atoms with E-state index in [-0.39, 0.29) is 5.96 Å². The van der Waals surface area contributed by atoms with Crippen LogP contribution in [0.3, 0.4) is 0 Å². The van der Waals surface area contributed by atoms with Crippen molar-refractivity contribution in [3.8, 4) is 0 Å². The predicted molar refractivity (Wildman–Crippen MR) is 45.0 cm³/mol. The third kappa shape index (κ3) is 5.12. The van der Waals surface area contributed by atoms with E-state index in [4.69, 9.17) is 22.6 Å². The summed E-state index contributed by atoms with van der Waals surface area (Å²) >= 11 is 0. The van der Waals surface area contributed by atoms with Crippen molar-refractivity contribution < 1.29 is 14.4 Å². The molecule has 0 rings (SSSR count). The summed E-state index contributed by atoms with van der Waals surface area (Å²) in [6.07, 6.45) is 0.716.